The topological polar surface area (TPSA) is 52.0 Å². The fourth-order valence-corrected chi connectivity index (χ4v) is 0.753. The van der Waals surface area contributed by atoms with E-state index in [1.54, 1.807) is 0 Å². The second-order valence-corrected chi connectivity index (χ2v) is 3.05. The molecule has 0 aliphatic rings. The molecule has 0 saturated carbocycles. The van der Waals surface area contributed by atoms with Gasteiger partial charge >= 0.3 is 0 Å². The fourth-order valence-electron chi connectivity index (χ4n) is 0.313. The van der Waals surface area contributed by atoms with Crippen molar-refractivity contribution in [2.24, 2.45) is 11.5 Å². The number of rotatable bonds is 3. The van der Waals surface area contributed by atoms with Gasteiger partial charge in [0.25, 0.3) is 0 Å². The van der Waals surface area contributed by atoms with Crippen LogP contribution < -0.4 is 11.5 Å². The normalized spacial score (nSPS) is 14.1. The first kappa shape index (κ1) is 7.65. The van der Waals surface area contributed by atoms with Crippen LogP contribution in [0.1, 0.15) is 12.8 Å². The zero-order valence-electron chi connectivity index (χ0n) is 4.23. The van der Waals surface area contributed by atoms with Gasteiger partial charge in [-0.25, -0.2) is 0 Å². The maximum Gasteiger partial charge on any atom is 0.0569 e. The van der Waals surface area contributed by atoms with E-state index >= 15 is 0 Å². The van der Waals surface area contributed by atoms with Crippen molar-refractivity contribution in [1.29, 1.82) is 0 Å². The van der Waals surface area contributed by atoms with Gasteiger partial charge in [-0.3, -0.25) is 0 Å². The van der Waals surface area contributed by atoms with Crippen LogP contribution in [-0.2, 0) is 0 Å². The van der Waals surface area contributed by atoms with Crippen LogP contribution >= 0.6 is 22.6 Å². The minimum Gasteiger partial charge on any atom is -0.330 e. The summed E-state index contributed by atoms with van der Waals surface area (Å²) in [6, 6.07) is 0. The van der Waals surface area contributed by atoms with Gasteiger partial charge in [0.05, 0.1) is 4.05 Å². The Morgan fingerprint density at radius 1 is 1.57 bits per heavy atom. The van der Waals surface area contributed by atoms with E-state index in [-0.39, 0.29) is 0 Å². The van der Waals surface area contributed by atoms with E-state index in [1.165, 1.54) is 0 Å². The summed E-state index contributed by atoms with van der Waals surface area (Å²) >= 11 is 2.19. The predicted molar refractivity (Wildman–Crippen MR) is 40.3 cm³/mol. The summed E-state index contributed by atoms with van der Waals surface area (Å²) < 4.78 is 0.293. The van der Waals surface area contributed by atoms with Crippen molar-refractivity contribution in [3.8, 4) is 0 Å². The first-order valence-corrected chi connectivity index (χ1v) is 3.61. The third kappa shape index (κ3) is 6.65. The van der Waals surface area contributed by atoms with Crippen LogP contribution in [0.15, 0.2) is 0 Å². The van der Waals surface area contributed by atoms with Crippen molar-refractivity contribution in [1.82, 2.24) is 0 Å². The van der Waals surface area contributed by atoms with Crippen molar-refractivity contribution in [2.45, 2.75) is 16.9 Å². The second kappa shape index (κ2) is 4.80. The van der Waals surface area contributed by atoms with E-state index in [2.05, 4.69) is 22.6 Å². The Morgan fingerprint density at radius 2 is 2.14 bits per heavy atom. The monoisotopic (exact) mass is 214 g/mol. The zero-order valence-corrected chi connectivity index (χ0v) is 6.39. The molecular weight excluding hydrogens is 203 g/mol. The molecular formula is C4H11IN2. The maximum absolute atomic E-state index is 5.41. The van der Waals surface area contributed by atoms with E-state index in [9.17, 15) is 0 Å². The van der Waals surface area contributed by atoms with Gasteiger partial charge in [0.1, 0.15) is 0 Å². The number of alkyl halides is 1. The standard InChI is InChI=1S/C4H11IN2/c5-4(7)2-1-3-6/h4H,1-3,6-7H2/t4-/m1/s1. The van der Waals surface area contributed by atoms with Crippen LogP contribution in [0.3, 0.4) is 0 Å². The summed E-state index contributed by atoms with van der Waals surface area (Å²) in [4.78, 5) is 0. The van der Waals surface area contributed by atoms with Crippen LogP contribution in [0.2, 0.25) is 0 Å². The van der Waals surface area contributed by atoms with E-state index < -0.39 is 0 Å². The summed E-state index contributed by atoms with van der Waals surface area (Å²) in [6.45, 7) is 0.761. The Morgan fingerprint density at radius 3 is 2.29 bits per heavy atom. The molecule has 0 rings (SSSR count). The van der Waals surface area contributed by atoms with Crippen LogP contribution in [0.25, 0.3) is 0 Å². The van der Waals surface area contributed by atoms with Crippen molar-refractivity contribution < 1.29 is 0 Å². The predicted octanol–water partition coefficient (Wildman–Crippen LogP) is 0.445. The number of hydrogen-bond donors (Lipinski definition) is 2. The summed E-state index contributed by atoms with van der Waals surface area (Å²) in [5.41, 5.74) is 10.6. The Bertz CT molecular complexity index is 38.7. The van der Waals surface area contributed by atoms with Gasteiger partial charge in [0, 0.05) is 0 Å². The lowest BCUT2D eigenvalue weighted by Gasteiger charge is -1.97. The third-order valence-corrected chi connectivity index (χ3v) is 1.31. The molecule has 0 amide bonds. The van der Waals surface area contributed by atoms with Gasteiger partial charge in [-0.15, -0.1) is 0 Å². The van der Waals surface area contributed by atoms with Crippen LogP contribution in [-0.4, -0.2) is 10.6 Å². The Balaban J connectivity index is 2.68. The Kier molecular flexibility index (Phi) is 5.25. The SMILES string of the molecule is NCCC[C@@H](N)I. The molecule has 44 valence electrons. The molecule has 0 unspecified atom stereocenters. The number of hydrogen-bond acceptors (Lipinski definition) is 2. The Hall–Kier alpha value is 0.650. The second-order valence-electron chi connectivity index (χ2n) is 1.45. The van der Waals surface area contributed by atoms with Gasteiger partial charge in [0.2, 0.25) is 0 Å². The average molecular weight is 214 g/mol. The van der Waals surface area contributed by atoms with E-state index in [0.29, 0.717) is 4.05 Å². The molecule has 0 saturated heterocycles. The van der Waals surface area contributed by atoms with Gasteiger partial charge in [-0.1, -0.05) is 22.6 Å². The molecule has 1 atom stereocenters. The molecule has 0 aliphatic carbocycles. The van der Waals surface area contributed by atoms with Gasteiger partial charge in [0.15, 0.2) is 0 Å². The summed E-state index contributed by atoms with van der Waals surface area (Å²) in [7, 11) is 0. The molecule has 3 heteroatoms. The minimum atomic E-state index is 0.293. The molecule has 0 bridgehead atoms. The number of halogens is 1. The summed E-state index contributed by atoms with van der Waals surface area (Å²) in [5.74, 6) is 0. The molecule has 0 heterocycles. The number of nitrogens with two attached hydrogens (primary N) is 2. The van der Waals surface area contributed by atoms with Gasteiger partial charge in [-0.2, -0.15) is 0 Å². The molecule has 0 radical (unpaired) electrons. The molecule has 0 aromatic heterocycles. The first-order valence-electron chi connectivity index (χ1n) is 2.37. The molecule has 0 spiro atoms. The van der Waals surface area contributed by atoms with Gasteiger partial charge in [-0.05, 0) is 19.4 Å². The lowest BCUT2D eigenvalue weighted by atomic mass is 10.3. The Labute approximate surface area is 57.8 Å². The average Bonchev–Trinajstić information content (AvgIpc) is 1.61. The van der Waals surface area contributed by atoms with Crippen LogP contribution in [0, 0.1) is 0 Å². The molecule has 0 aromatic rings. The smallest absolute Gasteiger partial charge is 0.0569 e. The van der Waals surface area contributed by atoms with Crippen molar-refractivity contribution in [3.05, 3.63) is 0 Å². The highest BCUT2D eigenvalue weighted by molar-refractivity contribution is 14.1. The molecule has 0 aromatic carbocycles. The zero-order chi connectivity index (χ0) is 5.70. The van der Waals surface area contributed by atoms with E-state index in [0.717, 1.165) is 19.4 Å². The molecule has 0 aliphatic heterocycles. The maximum atomic E-state index is 5.41. The van der Waals surface area contributed by atoms with Crippen molar-refractivity contribution in [2.75, 3.05) is 6.54 Å². The highest BCUT2D eigenvalue weighted by atomic mass is 127. The van der Waals surface area contributed by atoms with E-state index in [4.69, 9.17) is 11.5 Å². The highest BCUT2D eigenvalue weighted by Gasteiger charge is 1.90. The molecule has 4 N–H and O–H groups in total. The minimum absolute atomic E-state index is 0.293. The molecule has 7 heavy (non-hydrogen) atoms. The third-order valence-electron chi connectivity index (χ3n) is 0.684. The molecule has 2 nitrogen and oxygen atoms in total. The van der Waals surface area contributed by atoms with Crippen LogP contribution in [0.4, 0.5) is 0 Å². The largest absolute Gasteiger partial charge is 0.330 e. The quantitative estimate of drug-likeness (QED) is 0.407. The highest BCUT2D eigenvalue weighted by Crippen LogP contribution is 1.98. The molecule has 0 fully saturated rings. The fraction of sp³-hybridized carbons (Fsp3) is 1.00. The van der Waals surface area contributed by atoms with Crippen LogP contribution in [0.5, 0.6) is 0 Å². The van der Waals surface area contributed by atoms with E-state index in [1.807, 2.05) is 0 Å². The van der Waals surface area contributed by atoms with Gasteiger partial charge < -0.3 is 11.5 Å². The lowest BCUT2D eigenvalue weighted by molar-refractivity contribution is 0.739. The summed E-state index contributed by atoms with van der Waals surface area (Å²) in [5, 5.41) is 0. The van der Waals surface area contributed by atoms with Crippen molar-refractivity contribution in [3.63, 3.8) is 0 Å². The summed E-state index contributed by atoms with van der Waals surface area (Å²) in [6.07, 6.45) is 2.08. The first-order chi connectivity index (χ1) is 3.27. The lowest BCUT2D eigenvalue weighted by Crippen LogP contribution is -2.12. The van der Waals surface area contributed by atoms with Crippen molar-refractivity contribution >= 4 is 22.6 Å².